The molecule has 148 valence electrons. The van der Waals surface area contributed by atoms with Crippen LogP contribution in [0.15, 0.2) is 6.33 Å². The van der Waals surface area contributed by atoms with Crippen LogP contribution in [0, 0.1) is 6.92 Å². The maximum atomic E-state index is 9.68. The molecule has 1 aliphatic carbocycles. The van der Waals surface area contributed by atoms with Gasteiger partial charge < -0.3 is 10.0 Å². The van der Waals surface area contributed by atoms with Crippen LogP contribution in [0.2, 0.25) is 0 Å². The van der Waals surface area contributed by atoms with E-state index in [4.69, 9.17) is 4.98 Å². The average molecular weight is 389 g/mol. The minimum absolute atomic E-state index is 0.263. The average Bonchev–Trinajstić information content (AvgIpc) is 3.04. The summed E-state index contributed by atoms with van der Waals surface area (Å²) in [6.45, 7) is 7.74. The Morgan fingerprint density at radius 1 is 1.19 bits per heavy atom. The van der Waals surface area contributed by atoms with Crippen molar-refractivity contribution < 1.29 is 5.11 Å². The van der Waals surface area contributed by atoms with Crippen LogP contribution in [-0.4, -0.2) is 58.3 Å². The summed E-state index contributed by atoms with van der Waals surface area (Å²) in [6.07, 6.45) is 10.3. The Kier molecular flexibility index (Phi) is 5.95. The van der Waals surface area contributed by atoms with Gasteiger partial charge in [0.25, 0.3) is 0 Å². The van der Waals surface area contributed by atoms with E-state index in [9.17, 15) is 5.11 Å². The summed E-state index contributed by atoms with van der Waals surface area (Å²) in [5.74, 6) is 1.10. The van der Waals surface area contributed by atoms with E-state index in [2.05, 4.69) is 28.6 Å². The molecule has 2 aromatic rings. The van der Waals surface area contributed by atoms with Crippen molar-refractivity contribution in [1.29, 1.82) is 0 Å². The molecule has 1 saturated heterocycles. The van der Waals surface area contributed by atoms with E-state index in [-0.39, 0.29) is 6.61 Å². The number of hydrogen-bond acceptors (Lipinski definition) is 6. The topological polar surface area (TPSA) is 52.5 Å². The lowest BCUT2D eigenvalue weighted by molar-refractivity contribution is 0.0757. The molecule has 0 bridgehead atoms. The van der Waals surface area contributed by atoms with Crippen LogP contribution in [0.3, 0.4) is 0 Å². The zero-order valence-corrected chi connectivity index (χ0v) is 17.5. The lowest BCUT2D eigenvalue weighted by Crippen LogP contribution is -2.57. The molecule has 0 spiro atoms. The Labute approximate surface area is 166 Å². The highest BCUT2D eigenvalue weighted by atomic mass is 32.1. The Morgan fingerprint density at radius 3 is 2.74 bits per heavy atom. The third kappa shape index (κ3) is 3.71. The SMILES string of the molecule is CCc1c(C)sc2ncnc(N3CCN(C4CCCCC4)[C@@H](CCO)C3)c12. The highest BCUT2D eigenvalue weighted by Crippen LogP contribution is 2.36. The van der Waals surface area contributed by atoms with Crippen molar-refractivity contribution >= 4 is 27.4 Å². The number of aryl methyl sites for hydroxylation is 2. The summed E-state index contributed by atoms with van der Waals surface area (Å²) in [5.41, 5.74) is 1.40. The lowest BCUT2D eigenvalue weighted by Gasteiger charge is -2.46. The fraction of sp³-hybridized carbons (Fsp3) is 0.714. The van der Waals surface area contributed by atoms with E-state index in [0.717, 1.165) is 43.1 Å². The van der Waals surface area contributed by atoms with Gasteiger partial charge in [0, 0.05) is 43.2 Å². The van der Waals surface area contributed by atoms with Crippen LogP contribution in [0.1, 0.15) is 55.9 Å². The van der Waals surface area contributed by atoms with Crippen LogP contribution >= 0.6 is 11.3 Å². The van der Waals surface area contributed by atoms with Crippen molar-refractivity contribution in [3.05, 3.63) is 16.8 Å². The predicted molar refractivity (Wildman–Crippen MR) is 113 cm³/mol. The van der Waals surface area contributed by atoms with Gasteiger partial charge in [0.1, 0.15) is 17.0 Å². The van der Waals surface area contributed by atoms with Gasteiger partial charge in [0.2, 0.25) is 0 Å². The number of aliphatic hydroxyl groups is 1. The highest BCUT2D eigenvalue weighted by Gasteiger charge is 2.33. The van der Waals surface area contributed by atoms with Gasteiger partial charge in [0.15, 0.2) is 0 Å². The number of nitrogens with zero attached hydrogens (tertiary/aromatic N) is 4. The quantitative estimate of drug-likeness (QED) is 0.845. The van der Waals surface area contributed by atoms with Crippen LogP contribution in [0.4, 0.5) is 5.82 Å². The molecule has 27 heavy (non-hydrogen) atoms. The van der Waals surface area contributed by atoms with Gasteiger partial charge >= 0.3 is 0 Å². The van der Waals surface area contributed by atoms with Crippen molar-refractivity contribution in [1.82, 2.24) is 14.9 Å². The van der Waals surface area contributed by atoms with E-state index >= 15 is 0 Å². The number of hydrogen-bond donors (Lipinski definition) is 1. The van der Waals surface area contributed by atoms with E-state index in [1.165, 1.54) is 47.9 Å². The van der Waals surface area contributed by atoms with Crippen LogP contribution in [-0.2, 0) is 6.42 Å². The zero-order valence-electron chi connectivity index (χ0n) is 16.7. The number of anilines is 1. The van der Waals surface area contributed by atoms with E-state index < -0.39 is 0 Å². The molecule has 1 N–H and O–H groups in total. The number of piperazine rings is 1. The summed E-state index contributed by atoms with van der Waals surface area (Å²) < 4.78 is 0. The molecule has 2 aromatic heterocycles. The Hall–Kier alpha value is -1.24. The monoisotopic (exact) mass is 388 g/mol. The number of thiophene rings is 1. The number of aromatic nitrogens is 2. The van der Waals surface area contributed by atoms with Gasteiger partial charge in [-0.15, -0.1) is 11.3 Å². The third-order valence-corrected chi connectivity index (χ3v) is 7.51. The van der Waals surface area contributed by atoms with Crippen LogP contribution in [0.5, 0.6) is 0 Å². The van der Waals surface area contributed by atoms with E-state index in [0.29, 0.717) is 12.1 Å². The van der Waals surface area contributed by atoms with Crippen molar-refractivity contribution in [2.75, 3.05) is 31.1 Å². The second-order valence-corrected chi connectivity index (χ2v) is 9.21. The van der Waals surface area contributed by atoms with Gasteiger partial charge in [-0.2, -0.15) is 0 Å². The second kappa shape index (κ2) is 8.41. The Balaban J connectivity index is 1.61. The molecule has 0 radical (unpaired) electrons. The molecule has 3 heterocycles. The van der Waals surface area contributed by atoms with Gasteiger partial charge in [-0.1, -0.05) is 26.2 Å². The molecule has 1 atom stereocenters. The number of rotatable bonds is 5. The first-order valence-electron chi connectivity index (χ1n) is 10.6. The second-order valence-electron chi connectivity index (χ2n) is 8.01. The smallest absolute Gasteiger partial charge is 0.141 e. The van der Waals surface area contributed by atoms with Gasteiger partial charge in [-0.3, -0.25) is 4.90 Å². The predicted octanol–water partition coefficient (Wildman–Crippen LogP) is 3.77. The molecule has 1 saturated carbocycles. The fourth-order valence-electron chi connectivity index (χ4n) is 5.11. The largest absolute Gasteiger partial charge is 0.396 e. The molecule has 4 rings (SSSR count). The number of aliphatic hydroxyl groups excluding tert-OH is 1. The molecule has 0 aromatic carbocycles. The van der Waals surface area contributed by atoms with Crippen molar-refractivity contribution in [3.8, 4) is 0 Å². The van der Waals surface area contributed by atoms with Crippen LogP contribution in [0.25, 0.3) is 10.2 Å². The first-order valence-corrected chi connectivity index (χ1v) is 11.4. The lowest BCUT2D eigenvalue weighted by atomic mass is 9.91. The molecule has 1 aliphatic heterocycles. The van der Waals surface area contributed by atoms with E-state index in [1.54, 1.807) is 17.7 Å². The van der Waals surface area contributed by atoms with Gasteiger partial charge in [-0.25, -0.2) is 9.97 Å². The Morgan fingerprint density at radius 2 is 2.00 bits per heavy atom. The molecule has 0 amide bonds. The fourth-order valence-corrected chi connectivity index (χ4v) is 6.19. The molecule has 2 fully saturated rings. The van der Waals surface area contributed by atoms with Gasteiger partial charge in [0.05, 0.1) is 5.39 Å². The normalized spacial score (nSPS) is 22.6. The molecule has 2 aliphatic rings. The van der Waals surface area contributed by atoms with Crippen molar-refractivity contribution in [3.63, 3.8) is 0 Å². The maximum absolute atomic E-state index is 9.68. The maximum Gasteiger partial charge on any atom is 0.141 e. The summed E-state index contributed by atoms with van der Waals surface area (Å²) in [6, 6.07) is 1.12. The van der Waals surface area contributed by atoms with Crippen LogP contribution < -0.4 is 4.90 Å². The molecule has 6 heteroatoms. The molecule has 0 unspecified atom stereocenters. The zero-order chi connectivity index (χ0) is 18.8. The van der Waals surface area contributed by atoms with Crippen molar-refractivity contribution in [2.24, 2.45) is 0 Å². The van der Waals surface area contributed by atoms with E-state index in [1.807, 2.05) is 0 Å². The summed E-state index contributed by atoms with van der Waals surface area (Å²) in [7, 11) is 0. The minimum Gasteiger partial charge on any atom is -0.396 e. The summed E-state index contributed by atoms with van der Waals surface area (Å²) in [4.78, 5) is 16.9. The molecular weight excluding hydrogens is 356 g/mol. The summed E-state index contributed by atoms with van der Waals surface area (Å²) >= 11 is 1.79. The number of fused-ring (bicyclic) bond motifs is 1. The molecule has 5 nitrogen and oxygen atoms in total. The highest BCUT2D eigenvalue weighted by molar-refractivity contribution is 7.18. The minimum atomic E-state index is 0.263. The van der Waals surface area contributed by atoms with Crippen molar-refractivity contribution in [2.45, 2.75) is 70.9 Å². The Bertz CT molecular complexity index is 771. The first-order chi connectivity index (χ1) is 13.2. The molecular formula is C21H32N4OS. The first kappa shape index (κ1) is 19.1. The summed E-state index contributed by atoms with van der Waals surface area (Å²) in [5, 5.41) is 10.9. The van der Waals surface area contributed by atoms with Gasteiger partial charge in [-0.05, 0) is 38.2 Å². The third-order valence-electron chi connectivity index (χ3n) is 6.46. The standard InChI is InChI=1S/C21H32N4OS/c1-3-18-15(2)27-21-19(18)20(22-14-23-21)24-10-11-25(17(13-24)9-12-26)16-7-5-4-6-8-16/h14,16-17,26H,3-13H2,1-2H3/t17-/m0/s1.